The van der Waals surface area contributed by atoms with E-state index in [0.717, 1.165) is 16.5 Å². The number of alkyl halides is 1. The predicted octanol–water partition coefficient (Wildman–Crippen LogP) is 5.81. The Balaban J connectivity index is 2.18. The molecule has 1 unspecified atom stereocenters. The lowest BCUT2D eigenvalue weighted by Gasteiger charge is -2.15. The molecular formula is C15H12BrCl2F. The zero-order chi connectivity index (χ0) is 13.8. The van der Waals surface area contributed by atoms with Crippen LogP contribution in [0.25, 0.3) is 0 Å². The Morgan fingerprint density at radius 1 is 1.11 bits per heavy atom. The van der Waals surface area contributed by atoms with Gasteiger partial charge >= 0.3 is 0 Å². The van der Waals surface area contributed by atoms with E-state index < -0.39 is 5.82 Å². The highest BCUT2D eigenvalue weighted by molar-refractivity contribution is 9.10. The van der Waals surface area contributed by atoms with Gasteiger partial charge in [0.05, 0.1) is 5.02 Å². The SMILES string of the molecule is Fc1ccc(CC(CCl)c2ccc(Br)cc2)cc1Cl. The van der Waals surface area contributed by atoms with E-state index in [2.05, 4.69) is 15.9 Å². The van der Waals surface area contributed by atoms with Crippen LogP contribution in [0.15, 0.2) is 46.9 Å². The highest BCUT2D eigenvalue weighted by Gasteiger charge is 2.12. The Morgan fingerprint density at radius 3 is 2.37 bits per heavy atom. The van der Waals surface area contributed by atoms with Gasteiger partial charge in [0.1, 0.15) is 5.82 Å². The molecule has 0 N–H and O–H groups in total. The standard InChI is InChI=1S/C15H12BrCl2F/c16-13-4-2-11(3-5-13)12(9-17)7-10-1-6-15(19)14(18)8-10/h1-6,8,12H,7,9H2. The van der Waals surface area contributed by atoms with Crippen molar-refractivity contribution in [3.8, 4) is 0 Å². The molecule has 0 aliphatic carbocycles. The predicted molar refractivity (Wildman–Crippen MR) is 82.7 cm³/mol. The van der Waals surface area contributed by atoms with E-state index in [9.17, 15) is 4.39 Å². The van der Waals surface area contributed by atoms with E-state index in [0.29, 0.717) is 5.88 Å². The molecule has 1 atom stereocenters. The third-order valence-electron chi connectivity index (χ3n) is 2.99. The summed E-state index contributed by atoms with van der Waals surface area (Å²) in [6.45, 7) is 0. The van der Waals surface area contributed by atoms with E-state index >= 15 is 0 Å². The molecule has 0 saturated heterocycles. The molecule has 2 aromatic carbocycles. The Kier molecular flexibility index (Phi) is 5.26. The van der Waals surface area contributed by atoms with E-state index in [1.807, 2.05) is 24.3 Å². The monoisotopic (exact) mass is 360 g/mol. The van der Waals surface area contributed by atoms with E-state index in [1.54, 1.807) is 12.1 Å². The van der Waals surface area contributed by atoms with Crippen LogP contribution in [0, 0.1) is 5.82 Å². The second-order valence-corrected chi connectivity index (χ2v) is 5.99. The summed E-state index contributed by atoms with van der Waals surface area (Å²) in [5.41, 5.74) is 2.15. The molecule has 0 aliphatic rings. The molecule has 2 rings (SSSR count). The molecule has 2 aromatic rings. The number of halogens is 4. The average Bonchev–Trinajstić information content (AvgIpc) is 2.41. The Bertz CT molecular complexity index is 555. The smallest absolute Gasteiger partial charge is 0.141 e. The van der Waals surface area contributed by atoms with Gasteiger partial charge in [0.25, 0.3) is 0 Å². The highest BCUT2D eigenvalue weighted by atomic mass is 79.9. The number of rotatable bonds is 4. The summed E-state index contributed by atoms with van der Waals surface area (Å²) in [6.07, 6.45) is 0.741. The van der Waals surface area contributed by atoms with Crippen molar-refractivity contribution >= 4 is 39.1 Å². The molecule has 0 spiro atoms. The van der Waals surface area contributed by atoms with Crippen LogP contribution in [0.3, 0.4) is 0 Å². The van der Waals surface area contributed by atoms with Crippen LogP contribution in [-0.2, 0) is 6.42 Å². The van der Waals surface area contributed by atoms with Gasteiger partial charge in [-0.15, -0.1) is 11.6 Å². The molecule has 0 radical (unpaired) electrons. The average molecular weight is 362 g/mol. The van der Waals surface area contributed by atoms with Crippen molar-refractivity contribution in [3.05, 3.63) is 68.9 Å². The zero-order valence-electron chi connectivity index (χ0n) is 10.0. The topological polar surface area (TPSA) is 0 Å². The van der Waals surface area contributed by atoms with Crippen LogP contribution < -0.4 is 0 Å². The van der Waals surface area contributed by atoms with E-state index in [1.165, 1.54) is 11.6 Å². The van der Waals surface area contributed by atoms with Crippen LogP contribution in [0.5, 0.6) is 0 Å². The fraction of sp³-hybridized carbons (Fsp3) is 0.200. The largest absolute Gasteiger partial charge is 0.205 e. The van der Waals surface area contributed by atoms with Crippen molar-refractivity contribution in [1.29, 1.82) is 0 Å². The van der Waals surface area contributed by atoms with Gasteiger partial charge in [0.2, 0.25) is 0 Å². The quantitative estimate of drug-likeness (QED) is 0.603. The van der Waals surface area contributed by atoms with E-state index in [-0.39, 0.29) is 10.9 Å². The fourth-order valence-electron chi connectivity index (χ4n) is 1.95. The van der Waals surface area contributed by atoms with Gasteiger partial charge in [-0.3, -0.25) is 0 Å². The lowest BCUT2D eigenvalue weighted by molar-refractivity contribution is 0.626. The fourth-order valence-corrected chi connectivity index (χ4v) is 2.70. The maximum absolute atomic E-state index is 13.1. The molecule has 0 bridgehead atoms. The van der Waals surface area contributed by atoms with Gasteiger partial charge in [-0.25, -0.2) is 4.39 Å². The van der Waals surface area contributed by atoms with Gasteiger partial charge < -0.3 is 0 Å². The summed E-state index contributed by atoms with van der Waals surface area (Å²) < 4.78 is 14.2. The van der Waals surface area contributed by atoms with Gasteiger partial charge in [-0.2, -0.15) is 0 Å². The Hall–Kier alpha value is -0.570. The van der Waals surface area contributed by atoms with Crippen LogP contribution in [0.1, 0.15) is 17.0 Å². The first-order valence-corrected chi connectivity index (χ1v) is 7.56. The van der Waals surface area contributed by atoms with Crippen LogP contribution in [-0.4, -0.2) is 5.88 Å². The number of benzene rings is 2. The molecule has 0 fully saturated rings. The molecule has 19 heavy (non-hydrogen) atoms. The minimum absolute atomic E-state index is 0.154. The second kappa shape index (κ2) is 6.74. The maximum atomic E-state index is 13.1. The normalized spacial score (nSPS) is 12.4. The molecule has 0 saturated carbocycles. The summed E-state index contributed by atoms with van der Waals surface area (Å²) >= 11 is 15.2. The van der Waals surface area contributed by atoms with Crippen molar-refractivity contribution < 1.29 is 4.39 Å². The lowest BCUT2D eigenvalue weighted by Crippen LogP contribution is -2.04. The summed E-state index contributed by atoms with van der Waals surface area (Å²) in [4.78, 5) is 0. The minimum Gasteiger partial charge on any atom is -0.205 e. The summed E-state index contributed by atoms with van der Waals surface area (Å²) in [5.74, 6) is 0.309. The van der Waals surface area contributed by atoms with Crippen LogP contribution in [0.4, 0.5) is 4.39 Å². The third-order valence-corrected chi connectivity index (χ3v) is 4.18. The number of hydrogen-bond donors (Lipinski definition) is 0. The molecule has 0 heterocycles. The first kappa shape index (κ1) is 14.8. The summed E-state index contributed by atoms with van der Waals surface area (Å²) in [5, 5.41) is 0.154. The van der Waals surface area contributed by atoms with E-state index in [4.69, 9.17) is 23.2 Å². The van der Waals surface area contributed by atoms with Crippen molar-refractivity contribution in [2.24, 2.45) is 0 Å². The zero-order valence-corrected chi connectivity index (χ0v) is 13.1. The summed E-state index contributed by atoms with van der Waals surface area (Å²) in [6, 6.07) is 12.9. The molecule has 0 nitrogen and oxygen atoms in total. The Morgan fingerprint density at radius 2 is 1.79 bits per heavy atom. The second-order valence-electron chi connectivity index (χ2n) is 4.36. The molecule has 4 heteroatoms. The van der Waals surface area contributed by atoms with Crippen LogP contribution in [0.2, 0.25) is 5.02 Å². The van der Waals surface area contributed by atoms with Gasteiger partial charge in [0, 0.05) is 16.3 Å². The van der Waals surface area contributed by atoms with Crippen molar-refractivity contribution in [2.45, 2.75) is 12.3 Å². The molecular weight excluding hydrogens is 350 g/mol. The van der Waals surface area contributed by atoms with Crippen molar-refractivity contribution in [2.75, 3.05) is 5.88 Å². The van der Waals surface area contributed by atoms with Crippen molar-refractivity contribution in [1.82, 2.24) is 0 Å². The van der Waals surface area contributed by atoms with Gasteiger partial charge in [-0.05, 0) is 41.8 Å². The van der Waals surface area contributed by atoms with Gasteiger partial charge in [0.15, 0.2) is 0 Å². The molecule has 0 amide bonds. The molecule has 0 aliphatic heterocycles. The molecule has 100 valence electrons. The highest BCUT2D eigenvalue weighted by Crippen LogP contribution is 2.26. The third kappa shape index (κ3) is 3.95. The minimum atomic E-state index is -0.392. The molecule has 0 aromatic heterocycles. The first-order valence-electron chi connectivity index (χ1n) is 5.85. The summed E-state index contributed by atoms with van der Waals surface area (Å²) in [7, 11) is 0. The lowest BCUT2D eigenvalue weighted by atomic mass is 9.93. The van der Waals surface area contributed by atoms with Crippen molar-refractivity contribution in [3.63, 3.8) is 0 Å². The first-order chi connectivity index (χ1) is 9.10. The van der Waals surface area contributed by atoms with Crippen LogP contribution >= 0.6 is 39.1 Å². The number of hydrogen-bond acceptors (Lipinski definition) is 0. The van der Waals surface area contributed by atoms with Gasteiger partial charge in [-0.1, -0.05) is 45.7 Å². The maximum Gasteiger partial charge on any atom is 0.141 e. The Labute approximate surface area is 130 Å².